The van der Waals surface area contributed by atoms with Crippen molar-refractivity contribution in [3.8, 4) is 5.95 Å². The first-order chi connectivity index (χ1) is 9.74. The summed E-state index contributed by atoms with van der Waals surface area (Å²) in [4.78, 5) is 15.0. The molecular formula is C13H19N7. The summed E-state index contributed by atoms with van der Waals surface area (Å²) in [5, 5.41) is 4.13. The van der Waals surface area contributed by atoms with Crippen LogP contribution in [0.25, 0.3) is 5.95 Å². The minimum absolute atomic E-state index is 0.225. The van der Waals surface area contributed by atoms with E-state index < -0.39 is 0 Å². The summed E-state index contributed by atoms with van der Waals surface area (Å²) >= 11 is 0. The largest absolute Gasteiger partial charge is 0.368 e. The van der Waals surface area contributed by atoms with Crippen molar-refractivity contribution in [3.05, 3.63) is 18.5 Å². The van der Waals surface area contributed by atoms with Gasteiger partial charge in [-0.3, -0.25) is 0 Å². The number of hydrogen-bond acceptors (Lipinski definition) is 6. The van der Waals surface area contributed by atoms with Crippen LogP contribution >= 0.6 is 0 Å². The molecule has 3 rings (SSSR count). The van der Waals surface area contributed by atoms with Crippen molar-refractivity contribution in [3.63, 3.8) is 0 Å². The van der Waals surface area contributed by atoms with Crippen LogP contribution in [-0.4, -0.2) is 37.8 Å². The molecule has 0 unspecified atom stereocenters. The van der Waals surface area contributed by atoms with Crippen molar-refractivity contribution in [2.45, 2.75) is 38.1 Å². The third kappa shape index (κ3) is 2.56. The zero-order valence-corrected chi connectivity index (χ0v) is 11.6. The van der Waals surface area contributed by atoms with E-state index in [1.54, 1.807) is 17.1 Å². The van der Waals surface area contributed by atoms with Crippen LogP contribution in [0.1, 0.15) is 32.1 Å². The molecule has 106 valence electrons. The molecule has 1 saturated carbocycles. The lowest BCUT2D eigenvalue weighted by atomic mass is 9.95. The Morgan fingerprint density at radius 2 is 2.00 bits per heavy atom. The quantitative estimate of drug-likeness (QED) is 0.910. The number of nitrogens with zero attached hydrogens (tertiary/aromatic N) is 6. The maximum atomic E-state index is 5.80. The molecule has 2 aromatic heterocycles. The Bertz CT molecular complexity index is 560. The average Bonchev–Trinajstić information content (AvgIpc) is 3.01. The fraction of sp³-hybridized carbons (Fsp3) is 0.538. The molecule has 7 nitrogen and oxygen atoms in total. The molecule has 20 heavy (non-hydrogen) atoms. The van der Waals surface area contributed by atoms with Crippen LogP contribution in [0.5, 0.6) is 0 Å². The Morgan fingerprint density at radius 1 is 1.20 bits per heavy atom. The van der Waals surface area contributed by atoms with Crippen molar-refractivity contribution >= 4 is 11.9 Å². The Hall–Kier alpha value is -2.18. The van der Waals surface area contributed by atoms with E-state index in [0.29, 0.717) is 17.9 Å². The van der Waals surface area contributed by atoms with Crippen molar-refractivity contribution < 1.29 is 0 Å². The van der Waals surface area contributed by atoms with Crippen molar-refractivity contribution in [1.82, 2.24) is 24.7 Å². The van der Waals surface area contributed by atoms with E-state index in [1.807, 2.05) is 13.1 Å². The number of anilines is 2. The van der Waals surface area contributed by atoms with Gasteiger partial charge in [-0.15, -0.1) is 0 Å². The Kier molecular flexibility index (Phi) is 3.49. The zero-order valence-electron chi connectivity index (χ0n) is 11.6. The second kappa shape index (κ2) is 5.44. The van der Waals surface area contributed by atoms with Crippen LogP contribution in [0.3, 0.4) is 0 Å². The average molecular weight is 273 g/mol. The number of aromatic nitrogens is 5. The lowest BCUT2D eigenvalue weighted by Crippen LogP contribution is -2.35. The van der Waals surface area contributed by atoms with Crippen molar-refractivity contribution in [2.75, 3.05) is 17.7 Å². The summed E-state index contributed by atoms with van der Waals surface area (Å²) in [6.07, 6.45) is 9.69. The molecule has 0 bridgehead atoms. The van der Waals surface area contributed by atoms with E-state index in [4.69, 9.17) is 5.73 Å². The van der Waals surface area contributed by atoms with Gasteiger partial charge in [-0.25, -0.2) is 4.68 Å². The van der Waals surface area contributed by atoms with E-state index >= 15 is 0 Å². The van der Waals surface area contributed by atoms with E-state index in [1.165, 1.54) is 32.1 Å². The van der Waals surface area contributed by atoms with Gasteiger partial charge in [-0.05, 0) is 18.9 Å². The van der Waals surface area contributed by atoms with Crippen LogP contribution in [0.4, 0.5) is 11.9 Å². The van der Waals surface area contributed by atoms with Gasteiger partial charge < -0.3 is 10.6 Å². The topological polar surface area (TPSA) is 85.8 Å². The molecule has 0 amide bonds. The van der Waals surface area contributed by atoms with Crippen LogP contribution in [0.2, 0.25) is 0 Å². The molecule has 1 aliphatic carbocycles. The molecule has 2 heterocycles. The third-order valence-electron chi connectivity index (χ3n) is 3.78. The molecule has 0 aliphatic heterocycles. The minimum atomic E-state index is 0.225. The Morgan fingerprint density at radius 3 is 2.70 bits per heavy atom. The van der Waals surface area contributed by atoms with Crippen LogP contribution in [0, 0.1) is 0 Å². The van der Waals surface area contributed by atoms with Gasteiger partial charge in [0.05, 0.1) is 0 Å². The second-order valence-corrected chi connectivity index (χ2v) is 5.15. The lowest BCUT2D eigenvalue weighted by molar-refractivity contribution is 0.424. The zero-order chi connectivity index (χ0) is 13.9. The maximum absolute atomic E-state index is 5.80. The smallest absolute Gasteiger partial charge is 0.257 e. The third-order valence-corrected chi connectivity index (χ3v) is 3.78. The normalized spacial score (nSPS) is 16.2. The molecule has 0 aromatic carbocycles. The first-order valence-electron chi connectivity index (χ1n) is 6.98. The summed E-state index contributed by atoms with van der Waals surface area (Å²) in [6.45, 7) is 0. The highest BCUT2D eigenvalue weighted by Crippen LogP contribution is 2.24. The van der Waals surface area contributed by atoms with E-state index in [0.717, 1.165) is 0 Å². The highest BCUT2D eigenvalue weighted by atomic mass is 15.4. The van der Waals surface area contributed by atoms with Crippen molar-refractivity contribution in [2.24, 2.45) is 0 Å². The van der Waals surface area contributed by atoms with Gasteiger partial charge in [0.15, 0.2) is 0 Å². The molecule has 7 heteroatoms. The lowest BCUT2D eigenvalue weighted by Gasteiger charge is -2.31. The molecule has 0 atom stereocenters. The second-order valence-electron chi connectivity index (χ2n) is 5.15. The first kappa shape index (κ1) is 12.8. The Balaban J connectivity index is 1.89. The summed E-state index contributed by atoms with van der Waals surface area (Å²) < 4.78 is 1.59. The highest BCUT2D eigenvalue weighted by molar-refractivity contribution is 5.38. The van der Waals surface area contributed by atoms with Gasteiger partial charge in [-0.1, -0.05) is 19.3 Å². The molecule has 0 spiro atoms. The molecule has 2 N–H and O–H groups in total. The molecule has 1 aliphatic rings. The molecule has 0 saturated heterocycles. The first-order valence-corrected chi connectivity index (χ1v) is 6.98. The standard InChI is InChI=1S/C13H19N7/c1-19(10-6-3-2-4-7-10)12-16-11(14)17-13(18-12)20-9-5-8-15-20/h5,8-10H,2-4,6-7H2,1H3,(H2,14,16,17,18). The number of nitrogens with two attached hydrogens (primary N) is 1. The predicted molar refractivity (Wildman–Crippen MR) is 76.6 cm³/mol. The van der Waals surface area contributed by atoms with Crippen LogP contribution < -0.4 is 10.6 Å². The maximum Gasteiger partial charge on any atom is 0.257 e. The molecule has 2 aromatic rings. The number of hydrogen-bond donors (Lipinski definition) is 1. The van der Waals surface area contributed by atoms with Gasteiger partial charge in [0.2, 0.25) is 11.9 Å². The predicted octanol–water partition coefficient (Wildman–Crippen LogP) is 1.41. The summed E-state index contributed by atoms with van der Waals surface area (Å²) in [7, 11) is 2.03. The van der Waals surface area contributed by atoms with Crippen LogP contribution in [-0.2, 0) is 0 Å². The highest BCUT2D eigenvalue weighted by Gasteiger charge is 2.21. The van der Waals surface area contributed by atoms with Gasteiger partial charge in [0, 0.05) is 25.5 Å². The number of nitrogen functional groups attached to an aromatic ring is 1. The minimum Gasteiger partial charge on any atom is -0.368 e. The monoisotopic (exact) mass is 273 g/mol. The van der Waals surface area contributed by atoms with Gasteiger partial charge in [0.25, 0.3) is 5.95 Å². The van der Waals surface area contributed by atoms with Gasteiger partial charge >= 0.3 is 0 Å². The van der Waals surface area contributed by atoms with Crippen LogP contribution in [0.15, 0.2) is 18.5 Å². The molecule has 1 fully saturated rings. The van der Waals surface area contributed by atoms with Gasteiger partial charge in [-0.2, -0.15) is 20.1 Å². The van der Waals surface area contributed by atoms with E-state index in [9.17, 15) is 0 Å². The van der Waals surface area contributed by atoms with E-state index in [-0.39, 0.29) is 5.95 Å². The van der Waals surface area contributed by atoms with E-state index in [2.05, 4.69) is 25.0 Å². The molecule has 0 radical (unpaired) electrons. The van der Waals surface area contributed by atoms with Crippen molar-refractivity contribution in [1.29, 1.82) is 0 Å². The fourth-order valence-corrected chi connectivity index (χ4v) is 2.65. The Labute approximate surface area is 117 Å². The SMILES string of the molecule is CN(c1nc(N)nc(-n2cccn2)n1)C1CCCCC1. The summed E-state index contributed by atoms with van der Waals surface area (Å²) in [5.41, 5.74) is 5.80. The summed E-state index contributed by atoms with van der Waals surface area (Å²) in [6, 6.07) is 2.31. The molecular weight excluding hydrogens is 254 g/mol. The summed E-state index contributed by atoms with van der Waals surface area (Å²) in [5.74, 6) is 1.30. The number of rotatable bonds is 3. The fourth-order valence-electron chi connectivity index (χ4n) is 2.65. The van der Waals surface area contributed by atoms with Gasteiger partial charge in [0.1, 0.15) is 0 Å².